The Balaban J connectivity index is 1.64. The third-order valence-electron chi connectivity index (χ3n) is 5.87. The fourth-order valence-corrected chi connectivity index (χ4v) is 4.62. The lowest BCUT2D eigenvalue weighted by atomic mass is 9.87. The van der Waals surface area contributed by atoms with Crippen molar-refractivity contribution >= 4 is 17.5 Å². The summed E-state index contributed by atoms with van der Waals surface area (Å²) >= 11 is 6.61. The summed E-state index contributed by atoms with van der Waals surface area (Å²) in [5.41, 5.74) is 5.18. The van der Waals surface area contributed by atoms with Crippen molar-refractivity contribution < 1.29 is 9.32 Å². The fourth-order valence-electron chi connectivity index (χ4n) is 4.38. The molecule has 31 heavy (non-hydrogen) atoms. The van der Waals surface area contributed by atoms with E-state index < -0.39 is 0 Å². The highest BCUT2D eigenvalue weighted by Gasteiger charge is 2.36. The largest absolute Gasteiger partial charge is 0.360 e. The number of rotatable bonds is 3. The first-order chi connectivity index (χ1) is 15.1. The average molecular weight is 429 g/mol. The average Bonchev–Trinajstić information content (AvgIpc) is 3.20. The van der Waals surface area contributed by atoms with Crippen LogP contribution in [-0.4, -0.2) is 22.5 Å². The predicted molar refractivity (Wildman–Crippen MR) is 121 cm³/mol. The lowest BCUT2D eigenvalue weighted by Gasteiger charge is -2.38. The number of halogens is 1. The number of carbonyl (C=O) groups is 1. The van der Waals surface area contributed by atoms with Crippen LogP contribution in [-0.2, 0) is 6.42 Å². The summed E-state index contributed by atoms with van der Waals surface area (Å²) in [6, 6.07) is 25.4. The fraction of sp³-hybridized carbons (Fsp3) is 0.154. The molecular formula is C26H21ClN2O2. The number of nitrogens with zero attached hydrogens (tertiary/aromatic N) is 2. The number of aryl methyl sites for hydroxylation is 1. The van der Waals surface area contributed by atoms with E-state index in [2.05, 4.69) is 17.3 Å². The van der Waals surface area contributed by atoms with Crippen molar-refractivity contribution in [1.82, 2.24) is 10.1 Å². The molecule has 0 radical (unpaired) electrons. The molecule has 1 aliphatic heterocycles. The van der Waals surface area contributed by atoms with Gasteiger partial charge in [-0.15, -0.1) is 0 Å². The highest BCUT2D eigenvalue weighted by atomic mass is 35.5. The molecule has 0 spiro atoms. The van der Waals surface area contributed by atoms with Crippen LogP contribution in [0.1, 0.15) is 38.9 Å². The first-order valence-corrected chi connectivity index (χ1v) is 10.7. The second-order valence-corrected chi connectivity index (χ2v) is 8.11. The monoisotopic (exact) mass is 428 g/mol. The molecule has 2 heterocycles. The Labute approximate surface area is 186 Å². The van der Waals surface area contributed by atoms with Gasteiger partial charge in [-0.3, -0.25) is 4.79 Å². The van der Waals surface area contributed by atoms with Crippen molar-refractivity contribution in [1.29, 1.82) is 0 Å². The predicted octanol–water partition coefficient (Wildman–Crippen LogP) is 6.09. The van der Waals surface area contributed by atoms with Crippen LogP contribution >= 0.6 is 11.6 Å². The maximum absolute atomic E-state index is 14.0. The number of hydrogen-bond donors (Lipinski definition) is 0. The Morgan fingerprint density at radius 3 is 2.42 bits per heavy atom. The van der Waals surface area contributed by atoms with Gasteiger partial charge in [-0.25, -0.2) is 0 Å². The standard InChI is InChI=1S/C26H21ClN2O2/c1-17-23(24(28-31-17)19-10-3-2-4-11-19)26(30)29-16-15-18-9-5-6-12-20(18)25(29)21-13-7-8-14-22(21)27/h2-14,25H,15-16H2,1H3/t25-/m0/s1. The number of hydrogen-bond acceptors (Lipinski definition) is 3. The van der Waals surface area contributed by atoms with Gasteiger partial charge in [-0.1, -0.05) is 89.6 Å². The van der Waals surface area contributed by atoms with E-state index in [0.717, 1.165) is 23.1 Å². The van der Waals surface area contributed by atoms with Gasteiger partial charge >= 0.3 is 0 Å². The van der Waals surface area contributed by atoms with Gasteiger partial charge in [0.2, 0.25) is 0 Å². The molecule has 1 amide bonds. The van der Waals surface area contributed by atoms with Crippen LogP contribution < -0.4 is 0 Å². The molecule has 0 unspecified atom stereocenters. The molecule has 154 valence electrons. The number of aromatic nitrogens is 1. The van der Waals surface area contributed by atoms with E-state index in [-0.39, 0.29) is 11.9 Å². The van der Waals surface area contributed by atoms with Crippen LogP contribution in [0.25, 0.3) is 11.3 Å². The van der Waals surface area contributed by atoms with Gasteiger partial charge in [-0.2, -0.15) is 0 Å². The Bertz CT molecular complexity index is 1250. The first kappa shape index (κ1) is 19.6. The molecule has 1 aliphatic rings. The summed E-state index contributed by atoms with van der Waals surface area (Å²) in [6.45, 7) is 2.37. The van der Waals surface area contributed by atoms with Gasteiger partial charge < -0.3 is 9.42 Å². The minimum Gasteiger partial charge on any atom is -0.360 e. The molecule has 0 fully saturated rings. The zero-order chi connectivity index (χ0) is 21.4. The summed E-state index contributed by atoms with van der Waals surface area (Å²) in [4.78, 5) is 15.9. The molecule has 4 aromatic rings. The molecule has 5 heteroatoms. The molecule has 0 saturated carbocycles. The molecule has 1 aromatic heterocycles. The zero-order valence-corrected chi connectivity index (χ0v) is 17.8. The van der Waals surface area contributed by atoms with Crippen LogP contribution in [0, 0.1) is 6.92 Å². The summed E-state index contributed by atoms with van der Waals surface area (Å²) in [6.07, 6.45) is 0.786. The van der Waals surface area contributed by atoms with Crippen LogP contribution in [0.2, 0.25) is 5.02 Å². The summed E-state index contributed by atoms with van der Waals surface area (Å²) in [7, 11) is 0. The topological polar surface area (TPSA) is 46.3 Å². The van der Waals surface area contributed by atoms with Crippen LogP contribution in [0.5, 0.6) is 0 Å². The number of amides is 1. The normalized spacial score (nSPS) is 15.5. The molecule has 0 bridgehead atoms. The molecular weight excluding hydrogens is 408 g/mol. The van der Waals surface area contributed by atoms with E-state index in [9.17, 15) is 4.79 Å². The second kappa shape index (κ2) is 8.05. The zero-order valence-electron chi connectivity index (χ0n) is 17.1. The third-order valence-corrected chi connectivity index (χ3v) is 6.21. The quantitative estimate of drug-likeness (QED) is 0.396. The van der Waals surface area contributed by atoms with Crippen LogP contribution in [0.3, 0.4) is 0 Å². The summed E-state index contributed by atoms with van der Waals surface area (Å²) < 4.78 is 5.47. The molecule has 3 aromatic carbocycles. The molecule has 4 nitrogen and oxygen atoms in total. The van der Waals surface area contributed by atoms with E-state index in [1.165, 1.54) is 5.56 Å². The Kier molecular flexibility index (Phi) is 5.08. The Morgan fingerprint density at radius 1 is 0.968 bits per heavy atom. The summed E-state index contributed by atoms with van der Waals surface area (Å²) in [5.74, 6) is 0.414. The van der Waals surface area contributed by atoms with Crippen molar-refractivity contribution in [3.63, 3.8) is 0 Å². The molecule has 0 saturated heterocycles. The lowest BCUT2D eigenvalue weighted by molar-refractivity contribution is 0.0693. The van der Waals surface area contributed by atoms with Crippen molar-refractivity contribution in [2.75, 3.05) is 6.54 Å². The van der Waals surface area contributed by atoms with Crippen molar-refractivity contribution in [3.8, 4) is 11.3 Å². The lowest BCUT2D eigenvalue weighted by Crippen LogP contribution is -2.41. The van der Waals surface area contributed by atoms with E-state index in [0.29, 0.717) is 28.6 Å². The van der Waals surface area contributed by atoms with E-state index in [1.807, 2.05) is 71.6 Å². The van der Waals surface area contributed by atoms with Gasteiger partial charge in [0.15, 0.2) is 0 Å². The molecule has 5 rings (SSSR count). The van der Waals surface area contributed by atoms with Crippen molar-refractivity contribution in [2.45, 2.75) is 19.4 Å². The second-order valence-electron chi connectivity index (χ2n) is 7.70. The van der Waals surface area contributed by atoms with E-state index >= 15 is 0 Å². The number of carbonyl (C=O) groups excluding carboxylic acids is 1. The maximum Gasteiger partial charge on any atom is 0.260 e. The number of fused-ring (bicyclic) bond motifs is 1. The highest BCUT2D eigenvalue weighted by Crippen LogP contribution is 2.40. The van der Waals surface area contributed by atoms with E-state index in [4.69, 9.17) is 16.1 Å². The van der Waals surface area contributed by atoms with Gasteiger partial charge in [-0.05, 0) is 36.1 Å². The van der Waals surface area contributed by atoms with Gasteiger partial charge in [0, 0.05) is 17.1 Å². The first-order valence-electron chi connectivity index (χ1n) is 10.3. The van der Waals surface area contributed by atoms with Gasteiger partial charge in [0.1, 0.15) is 17.0 Å². The maximum atomic E-state index is 14.0. The summed E-state index contributed by atoms with van der Waals surface area (Å²) in [5, 5.41) is 4.86. The highest BCUT2D eigenvalue weighted by molar-refractivity contribution is 6.31. The molecule has 0 aliphatic carbocycles. The third kappa shape index (κ3) is 3.43. The Morgan fingerprint density at radius 2 is 1.65 bits per heavy atom. The SMILES string of the molecule is Cc1onc(-c2ccccc2)c1C(=O)N1CCc2ccccc2[C@H]1c1ccccc1Cl. The molecule has 1 atom stereocenters. The minimum atomic E-state index is -0.274. The van der Waals surface area contributed by atoms with Crippen molar-refractivity contribution in [2.24, 2.45) is 0 Å². The van der Waals surface area contributed by atoms with E-state index in [1.54, 1.807) is 6.92 Å². The van der Waals surface area contributed by atoms with Crippen LogP contribution in [0.15, 0.2) is 83.4 Å². The van der Waals surface area contributed by atoms with Crippen LogP contribution in [0.4, 0.5) is 0 Å². The Hall–Kier alpha value is -3.37. The van der Waals surface area contributed by atoms with Gasteiger partial charge in [0.05, 0.1) is 6.04 Å². The van der Waals surface area contributed by atoms with Gasteiger partial charge in [0.25, 0.3) is 5.91 Å². The van der Waals surface area contributed by atoms with Crippen molar-refractivity contribution in [3.05, 3.63) is 112 Å². The minimum absolute atomic E-state index is 0.1000. The number of benzene rings is 3. The molecule has 0 N–H and O–H groups in total. The smallest absolute Gasteiger partial charge is 0.260 e.